The molecule has 1 aromatic heterocycles. The van der Waals surface area contributed by atoms with Crippen molar-refractivity contribution in [1.82, 2.24) is 10.3 Å². The van der Waals surface area contributed by atoms with E-state index in [2.05, 4.69) is 40.5 Å². The molecule has 0 fully saturated rings. The Morgan fingerprint density at radius 3 is 1.83 bits per heavy atom. The molecule has 0 saturated heterocycles. The number of carbonyl (C=O) groups is 1. The molecule has 0 atom stereocenters. The van der Waals surface area contributed by atoms with E-state index >= 15 is 0 Å². The minimum Gasteiger partial charge on any atom is -0.348 e. The molecule has 1 amide bonds. The SMILES string of the molecule is CC(C)(C)c1ccc(C=CC(=O)NCc2ccc(NS(C)(=O)=O)c(F)c2)cn1.CS(=O)(=O)Nc1ccc(CN)cc1F. The molecule has 3 aromatic rings. The topological polar surface area (TPSA) is 160 Å². The second kappa shape index (κ2) is 14.3. The molecule has 5 N–H and O–H groups in total. The van der Waals surface area contributed by atoms with E-state index in [1.165, 1.54) is 36.4 Å². The highest BCUT2D eigenvalue weighted by Crippen LogP contribution is 2.20. The standard InChI is InChI=1S/C20H24FN3O3S.C8H11FN2O2S/c1-20(2,3)18-9-6-14(12-22-18)7-10-19(25)23-13-15-5-8-17(16(21)11-15)24-28(4,26)27;1-14(12,13)11-8-3-2-6(5-10)4-7(8)9/h5-12,24H,13H2,1-4H3,(H,23,25);2-4,11H,5,10H2,1H3. The van der Waals surface area contributed by atoms with Gasteiger partial charge in [0.2, 0.25) is 26.0 Å². The molecule has 0 unspecified atom stereocenters. The second-order valence-corrected chi connectivity index (χ2v) is 13.9. The number of halogens is 2. The fraction of sp³-hybridized carbons (Fsp3) is 0.286. The summed E-state index contributed by atoms with van der Waals surface area (Å²) in [6.07, 6.45) is 6.63. The number of sulfonamides is 2. The van der Waals surface area contributed by atoms with E-state index in [4.69, 9.17) is 5.73 Å². The number of nitrogens with one attached hydrogen (secondary N) is 3. The van der Waals surface area contributed by atoms with Crippen LogP contribution in [-0.4, -0.2) is 40.2 Å². The lowest BCUT2D eigenvalue weighted by Crippen LogP contribution is -2.20. The maximum Gasteiger partial charge on any atom is 0.244 e. The summed E-state index contributed by atoms with van der Waals surface area (Å²) < 4.78 is 75.2. The summed E-state index contributed by atoms with van der Waals surface area (Å²) in [4.78, 5) is 16.3. The molecule has 0 spiro atoms. The summed E-state index contributed by atoms with van der Waals surface area (Å²) in [5.41, 5.74) is 7.93. The number of nitrogens with two attached hydrogens (primary N) is 1. The fourth-order valence-corrected chi connectivity index (χ4v) is 4.42. The van der Waals surface area contributed by atoms with E-state index in [9.17, 15) is 30.4 Å². The van der Waals surface area contributed by atoms with Crippen molar-refractivity contribution in [1.29, 1.82) is 0 Å². The summed E-state index contributed by atoms with van der Waals surface area (Å²) >= 11 is 0. The lowest BCUT2D eigenvalue weighted by Gasteiger charge is -2.17. The van der Waals surface area contributed by atoms with E-state index in [1.54, 1.807) is 18.3 Å². The monoisotopic (exact) mass is 623 g/mol. The minimum atomic E-state index is -3.56. The molecule has 0 aliphatic heterocycles. The molecule has 10 nitrogen and oxygen atoms in total. The molecule has 0 aliphatic rings. The highest BCUT2D eigenvalue weighted by Gasteiger charge is 2.14. The number of carbonyl (C=O) groups excluding carboxylic acids is 1. The van der Waals surface area contributed by atoms with Gasteiger partial charge in [-0.3, -0.25) is 19.2 Å². The highest BCUT2D eigenvalue weighted by atomic mass is 32.2. The molecule has 0 radical (unpaired) electrons. The molecule has 42 heavy (non-hydrogen) atoms. The lowest BCUT2D eigenvalue weighted by molar-refractivity contribution is -0.116. The molecule has 0 bridgehead atoms. The van der Waals surface area contributed by atoms with Crippen molar-refractivity contribution in [3.05, 3.63) is 94.8 Å². The molecule has 2 aromatic carbocycles. The van der Waals surface area contributed by atoms with Gasteiger partial charge in [-0.25, -0.2) is 25.6 Å². The van der Waals surface area contributed by atoms with Crippen LogP contribution in [0.25, 0.3) is 6.08 Å². The number of hydrogen-bond acceptors (Lipinski definition) is 7. The van der Waals surface area contributed by atoms with Crippen LogP contribution in [0.15, 0.2) is 60.8 Å². The Morgan fingerprint density at radius 2 is 1.40 bits per heavy atom. The van der Waals surface area contributed by atoms with Gasteiger partial charge < -0.3 is 11.1 Å². The van der Waals surface area contributed by atoms with Crippen molar-refractivity contribution in [2.24, 2.45) is 5.73 Å². The first kappa shape index (κ1) is 34.3. The van der Waals surface area contributed by atoms with Gasteiger partial charge in [-0.1, -0.05) is 39.0 Å². The maximum atomic E-state index is 13.9. The van der Waals surface area contributed by atoms with E-state index in [0.29, 0.717) is 11.1 Å². The maximum absolute atomic E-state index is 13.9. The summed E-state index contributed by atoms with van der Waals surface area (Å²) in [6.45, 7) is 6.55. The Labute approximate surface area is 245 Å². The molecule has 1 heterocycles. The van der Waals surface area contributed by atoms with E-state index in [1.807, 2.05) is 12.1 Å². The lowest BCUT2D eigenvalue weighted by atomic mass is 9.91. The van der Waals surface area contributed by atoms with Crippen molar-refractivity contribution in [3.8, 4) is 0 Å². The first-order valence-corrected chi connectivity index (χ1v) is 16.3. The van der Waals surface area contributed by atoms with Gasteiger partial charge in [-0.2, -0.15) is 0 Å². The van der Waals surface area contributed by atoms with Crippen LogP contribution in [0.4, 0.5) is 20.2 Å². The van der Waals surface area contributed by atoms with Crippen LogP contribution in [0.3, 0.4) is 0 Å². The van der Waals surface area contributed by atoms with Gasteiger partial charge in [0.1, 0.15) is 11.6 Å². The van der Waals surface area contributed by atoms with Gasteiger partial charge in [0, 0.05) is 36.5 Å². The summed E-state index contributed by atoms with van der Waals surface area (Å²) in [5, 5.41) is 2.65. The predicted octanol–water partition coefficient (Wildman–Crippen LogP) is 3.88. The molecular weight excluding hydrogens is 588 g/mol. The number of anilines is 2. The van der Waals surface area contributed by atoms with Crippen molar-refractivity contribution in [2.75, 3.05) is 22.0 Å². The Balaban J connectivity index is 0.000000369. The summed E-state index contributed by atoms with van der Waals surface area (Å²) in [5.74, 6) is -1.67. The van der Waals surface area contributed by atoms with Gasteiger partial charge in [0.05, 0.1) is 23.9 Å². The van der Waals surface area contributed by atoms with Gasteiger partial charge in [-0.15, -0.1) is 0 Å². The Morgan fingerprint density at radius 1 is 0.881 bits per heavy atom. The van der Waals surface area contributed by atoms with Crippen LogP contribution in [0.2, 0.25) is 0 Å². The number of amides is 1. The number of aromatic nitrogens is 1. The van der Waals surface area contributed by atoms with Gasteiger partial charge in [0.15, 0.2) is 0 Å². The van der Waals surface area contributed by atoms with Gasteiger partial charge in [0.25, 0.3) is 0 Å². The number of pyridine rings is 1. The normalized spacial score (nSPS) is 11.9. The Hall–Kier alpha value is -3.88. The van der Waals surface area contributed by atoms with Crippen molar-refractivity contribution >= 4 is 43.4 Å². The highest BCUT2D eigenvalue weighted by molar-refractivity contribution is 7.92. The Kier molecular flexibility index (Phi) is 11.7. The summed E-state index contributed by atoms with van der Waals surface area (Å²) in [7, 11) is -7.00. The molecule has 3 rings (SSSR count). The van der Waals surface area contributed by atoms with Gasteiger partial charge in [-0.05, 0) is 53.1 Å². The smallest absolute Gasteiger partial charge is 0.244 e. The third-order valence-corrected chi connectivity index (χ3v) is 6.52. The zero-order valence-corrected chi connectivity index (χ0v) is 25.5. The van der Waals surface area contributed by atoms with Crippen LogP contribution < -0.4 is 20.5 Å². The van der Waals surface area contributed by atoms with Crippen molar-refractivity contribution in [2.45, 2.75) is 39.3 Å². The van der Waals surface area contributed by atoms with Gasteiger partial charge >= 0.3 is 0 Å². The molecule has 0 saturated carbocycles. The van der Waals surface area contributed by atoms with E-state index in [-0.39, 0.29) is 35.8 Å². The average Bonchev–Trinajstić information content (AvgIpc) is 2.87. The predicted molar refractivity (Wildman–Crippen MR) is 161 cm³/mol. The zero-order valence-electron chi connectivity index (χ0n) is 23.9. The van der Waals surface area contributed by atoms with Crippen LogP contribution in [0.5, 0.6) is 0 Å². The van der Waals surface area contributed by atoms with Crippen LogP contribution >= 0.6 is 0 Å². The number of hydrogen-bond donors (Lipinski definition) is 4. The molecular formula is C28H35F2N5O5S2. The average molecular weight is 624 g/mol. The number of benzene rings is 2. The van der Waals surface area contributed by atoms with Crippen LogP contribution in [-0.2, 0) is 43.3 Å². The first-order valence-electron chi connectivity index (χ1n) is 12.5. The zero-order chi connectivity index (χ0) is 31.7. The number of rotatable bonds is 9. The quantitative estimate of drug-likeness (QED) is 0.263. The second-order valence-electron chi connectivity index (χ2n) is 10.4. The fourth-order valence-electron chi connectivity index (χ4n) is 3.29. The third kappa shape index (κ3) is 12.3. The van der Waals surface area contributed by atoms with Crippen molar-refractivity contribution < 1.29 is 30.4 Å². The third-order valence-electron chi connectivity index (χ3n) is 5.34. The first-order chi connectivity index (χ1) is 19.4. The largest absolute Gasteiger partial charge is 0.348 e. The molecule has 228 valence electrons. The molecule has 14 heteroatoms. The van der Waals surface area contributed by atoms with E-state index < -0.39 is 31.7 Å². The van der Waals surface area contributed by atoms with Crippen LogP contribution in [0.1, 0.15) is 43.2 Å². The van der Waals surface area contributed by atoms with E-state index in [0.717, 1.165) is 23.8 Å². The number of nitrogens with zero attached hydrogens (tertiary/aromatic N) is 1. The molecule has 0 aliphatic carbocycles. The van der Waals surface area contributed by atoms with Crippen LogP contribution in [0, 0.1) is 11.6 Å². The minimum absolute atomic E-state index is 0.0404. The van der Waals surface area contributed by atoms with Crippen molar-refractivity contribution in [3.63, 3.8) is 0 Å². The Bertz CT molecular complexity index is 1640. The summed E-state index contributed by atoms with van der Waals surface area (Å²) in [6, 6.07) is 12.0.